The highest BCUT2D eigenvalue weighted by atomic mass is 32.2. The fourth-order valence-electron chi connectivity index (χ4n) is 2.19. The predicted octanol–water partition coefficient (Wildman–Crippen LogP) is 1.88. The Hall–Kier alpha value is -1.71. The number of thiocarbonyl (C=S) groups is 1. The van der Waals surface area contributed by atoms with Crippen LogP contribution >= 0.6 is 12.2 Å². The first-order chi connectivity index (χ1) is 11.1. The van der Waals surface area contributed by atoms with Crippen molar-refractivity contribution < 1.29 is 17.8 Å². The highest BCUT2D eigenvalue weighted by molar-refractivity contribution is 7.87. The van der Waals surface area contributed by atoms with E-state index in [-0.39, 0.29) is 24.1 Å². The van der Waals surface area contributed by atoms with Gasteiger partial charge in [-0.25, -0.2) is 0 Å². The van der Waals surface area contributed by atoms with E-state index in [2.05, 4.69) is 5.32 Å². The summed E-state index contributed by atoms with van der Waals surface area (Å²) in [5.74, 6) is -0.258. The first-order valence-electron chi connectivity index (χ1n) is 7.47. The van der Waals surface area contributed by atoms with E-state index in [9.17, 15) is 13.2 Å². The molecule has 7 nitrogen and oxygen atoms in total. The molecule has 1 aromatic carbocycles. The fraction of sp³-hybridized carbons (Fsp3) is 0.467. The first-order valence-corrected chi connectivity index (χ1v) is 9.32. The number of anilines is 1. The van der Waals surface area contributed by atoms with Crippen molar-refractivity contribution in [2.24, 2.45) is 0 Å². The quantitative estimate of drug-likeness (QED) is 0.520. The van der Waals surface area contributed by atoms with Crippen molar-refractivity contribution in [1.82, 2.24) is 10.2 Å². The van der Waals surface area contributed by atoms with Crippen LogP contribution in [0.4, 0.5) is 5.69 Å². The molecule has 0 saturated heterocycles. The van der Waals surface area contributed by atoms with Gasteiger partial charge >= 0.3 is 10.3 Å². The lowest BCUT2D eigenvalue weighted by Crippen LogP contribution is -2.47. The zero-order valence-electron chi connectivity index (χ0n) is 14.2. The maximum Gasteiger partial charge on any atom is 0.357 e. The number of carbonyl (C=O) groups excluding carboxylic acids is 1. The topological polar surface area (TPSA) is 98.7 Å². The summed E-state index contributed by atoms with van der Waals surface area (Å²) in [6.07, 6.45) is 0.669. The second kappa shape index (κ2) is 8.41. The van der Waals surface area contributed by atoms with Crippen molar-refractivity contribution in [2.75, 3.05) is 11.8 Å². The van der Waals surface area contributed by atoms with Gasteiger partial charge in [-0.2, -0.15) is 8.42 Å². The van der Waals surface area contributed by atoms with E-state index in [0.29, 0.717) is 10.7 Å². The van der Waals surface area contributed by atoms with Crippen LogP contribution in [0.2, 0.25) is 0 Å². The Bertz CT molecular complexity index is 719. The van der Waals surface area contributed by atoms with E-state index >= 15 is 0 Å². The number of hydrogen-bond donors (Lipinski definition) is 3. The van der Waals surface area contributed by atoms with Gasteiger partial charge in [0, 0.05) is 13.1 Å². The molecule has 1 unspecified atom stereocenters. The molecule has 9 heteroatoms. The van der Waals surface area contributed by atoms with Crippen molar-refractivity contribution in [1.29, 1.82) is 0 Å². The molecular formula is C15H23N3O4S2. The summed E-state index contributed by atoms with van der Waals surface area (Å²) < 4.78 is 33.3. The Morgan fingerprint density at radius 1 is 1.42 bits per heavy atom. The summed E-state index contributed by atoms with van der Waals surface area (Å²) in [4.78, 5) is 14.2. The van der Waals surface area contributed by atoms with Crippen LogP contribution in [0.3, 0.4) is 0 Å². The fourth-order valence-corrected chi connectivity index (χ4v) is 2.94. The number of rotatable bonds is 6. The molecular weight excluding hydrogens is 350 g/mol. The van der Waals surface area contributed by atoms with Gasteiger partial charge in [-0.15, -0.1) is 0 Å². The molecule has 1 rings (SSSR count). The van der Waals surface area contributed by atoms with Gasteiger partial charge in [0.1, 0.15) is 0 Å². The van der Waals surface area contributed by atoms with Gasteiger partial charge in [0.2, 0.25) is 5.91 Å². The third-order valence-electron chi connectivity index (χ3n) is 3.58. The summed E-state index contributed by atoms with van der Waals surface area (Å²) in [6, 6.07) is 4.88. The summed E-state index contributed by atoms with van der Waals surface area (Å²) in [7, 11) is -2.79. The minimum Gasteiger partial charge on any atom is -0.365 e. The molecule has 1 amide bonds. The highest BCUT2D eigenvalue weighted by Crippen LogP contribution is 2.21. The van der Waals surface area contributed by atoms with E-state index in [0.717, 1.165) is 12.0 Å². The second-order valence-corrected chi connectivity index (χ2v) is 7.03. The molecule has 1 aromatic rings. The monoisotopic (exact) mass is 373 g/mol. The van der Waals surface area contributed by atoms with Gasteiger partial charge in [-0.05, 0) is 49.7 Å². The lowest BCUT2D eigenvalue weighted by atomic mass is 10.1. The van der Waals surface area contributed by atoms with E-state index in [1.54, 1.807) is 32.2 Å². The average molecular weight is 374 g/mol. The van der Waals surface area contributed by atoms with Crippen LogP contribution < -0.4 is 10.0 Å². The molecule has 24 heavy (non-hydrogen) atoms. The van der Waals surface area contributed by atoms with Crippen molar-refractivity contribution in [3.8, 4) is 0 Å². The normalized spacial score (nSPS) is 12.4. The van der Waals surface area contributed by atoms with Gasteiger partial charge in [-0.3, -0.25) is 19.0 Å². The predicted molar refractivity (Wildman–Crippen MR) is 98.3 cm³/mol. The molecule has 0 bridgehead atoms. The molecule has 0 saturated carbocycles. The molecule has 134 valence electrons. The van der Waals surface area contributed by atoms with Crippen LogP contribution in [0, 0.1) is 6.92 Å². The lowest BCUT2D eigenvalue weighted by Gasteiger charge is -2.29. The van der Waals surface area contributed by atoms with E-state index in [1.807, 2.05) is 18.6 Å². The number of benzene rings is 1. The molecule has 3 N–H and O–H groups in total. The smallest absolute Gasteiger partial charge is 0.357 e. The van der Waals surface area contributed by atoms with Gasteiger partial charge in [0.15, 0.2) is 5.11 Å². The van der Waals surface area contributed by atoms with Crippen LogP contribution in [0.5, 0.6) is 0 Å². The third kappa shape index (κ3) is 5.73. The molecule has 0 aliphatic carbocycles. The van der Waals surface area contributed by atoms with Crippen molar-refractivity contribution in [2.45, 2.75) is 39.7 Å². The van der Waals surface area contributed by atoms with Crippen molar-refractivity contribution in [3.63, 3.8) is 0 Å². The molecule has 0 aromatic heterocycles. The van der Waals surface area contributed by atoms with Gasteiger partial charge in [-0.1, -0.05) is 19.1 Å². The molecule has 0 spiro atoms. The zero-order valence-corrected chi connectivity index (χ0v) is 15.8. The minimum absolute atomic E-state index is 0.0513. The Morgan fingerprint density at radius 3 is 2.54 bits per heavy atom. The van der Waals surface area contributed by atoms with Crippen LogP contribution in [0.1, 0.15) is 31.4 Å². The van der Waals surface area contributed by atoms with Crippen LogP contribution in [0.15, 0.2) is 18.2 Å². The maximum absolute atomic E-state index is 12.7. The molecule has 0 fully saturated rings. The van der Waals surface area contributed by atoms with Gasteiger partial charge in [0.05, 0.1) is 12.1 Å². The first kappa shape index (κ1) is 20.3. The number of aryl methyl sites for hydroxylation is 1. The molecule has 0 heterocycles. The van der Waals surface area contributed by atoms with Crippen molar-refractivity contribution in [3.05, 3.63) is 29.3 Å². The molecule has 0 aliphatic heterocycles. The molecule has 0 aliphatic rings. The minimum atomic E-state index is -4.43. The number of nitrogens with one attached hydrogen (secondary N) is 2. The summed E-state index contributed by atoms with van der Waals surface area (Å²) >= 11 is 5.20. The standard InChI is InChI=1S/C15H23N3O4S2/c1-5-11(3)18(15(23)16-4)14(19)9-12-7-6-10(2)8-13(12)17-24(20,21)22/h6-8,11,17H,5,9H2,1-4H3,(H,16,23)(H,20,21,22). The maximum atomic E-state index is 12.7. The number of hydrogen-bond acceptors (Lipinski definition) is 4. The van der Waals surface area contributed by atoms with Gasteiger partial charge in [0.25, 0.3) is 0 Å². The van der Waals surface area contributed by atoms with E-state index in [4.69, 9.17) is 16.8 Å². The van der Waals surface area contributed by atoms with Crippen LogP contribution in [0.25, 0.3) is 0 Å². The van der Waals surface area contributed by atoms with Crippen LogP contribution in [-0.4, -0.2) is 42.0 Å². The van der Waals surface area contributed by atoms with Crippen LogP contribution in [-0.2, 0) is 21.5 Å². The third-order valence-corrected chi connectivity index (χ3v) is 4.46. The second-order valence-electron chi connectivity index (χ2n) is 5.49. The van der Waals surface area contributed by atoms with Crippen molar-refractivity contribution >= 4 is 39.2 Å². The number of carbonyl (C=O) groups is 1. The Balaban J connectivity index is 3.14. The van der Waals surface area contributed by atoms with Gasteiger partial charge < -0.3 is 5.32 Å². The zero-order chi connectivity index (χ0) is 18.5. The molecule has 0 radical (unpaired) electrons. The summed E-state index contributed by atoms with van der Waals surface area (Å²) in [5, 5.41) is 3.10. The summed E-state index contributed by atoms with van der Waals surface area (Å²) in [5.41, 5.74) is 1.42. The Kier molecular flexibility index (Phi) is 7.12. The number of amides is 1. The van der Waals surface area contributed by atoms with E-state index < -0.39 is 10.3 Å². The Labute approximate surface area is 148 Å². The lowest BCUT2D eigenvalue weighted by molar-refractivity contribution is -0.128. The summed E-state index contributed by atoms with van der Waals surface area (Å²) in [6.45, 7) is 5.61. The molecule has 1 atom stereocenters. The van der Waals surface area contributed by atoms with E-state index in [1.165, 1.54) is 4.90 Å². The highest BCUT2D eigenvalue weighted by Gasteiger charge is 2.24. The SMILES string of the molecule is CCC(C)N(C(=O)Cc1ccc(C)cc1NS(=O)(=O)O)C(=S)NC. The largest absolute Gasteiger partial charge is 0.365 e. The number of nitrogens with zero attached hydrogens (tertiary/aromatic N) is 1. The Morgan fingerprint density at radius 2 is 2.04 bits per heavy atom. The average Bonchev–Trinajstić information content (AvgIpc) is 2.48.